The predicted octanol–water partition coefficient (Wildman–Crippen LogP) is 3.10. The average molecular weight is 329 g/mol. The molecule has 0 saturated heterocycles. The minimum absolute atomic E-state index is 0.207. The van der Waals surface area contributed by atoms with Crippen LogP contribution in [0.2, 0.25) is 0 Å². The molecule has 0 spiro atoms. The molecule has 0 unspecified atom stereocenters. The lowest BCUT2D eigenvalue weighted by Crippen LogP contribution is -2.12. The summed E-state index contributed by atoms with van der Waals surface area (Å²) in [5, 5.41) is 3.87. The van der Waals surface area contributed by atoms with E-state index >= 15 is 0 Å². The summed E-state index contributed by atoms with van der Waals surface area (Å²) in [7, 11) is -3.39. The summed E-state index contributed by atoms with van der Waals surface area (Å²) in [6.07, 6.45) is 1.54. The van der Waals surface area contributed by atoms with E-state index in [-0.39, 0.29) is 10.8 Å². The van der Waals surface area contributed by atoms with Crippen LogP contribution in [-0.2, 0) is 9.84 Å². The van der Waals surface area contributed by atoms with Crippen molar-refractivity contribution in [1.29, 1.82) is 0 Å². The molecule has 1 aliphatic heterocycles. The van der Waals surface area contributed by atoms with Crippen LogP contribution in [0.1, 0.15) is 22.8 Å². The van der Waals surface area contributed by atoms with Crippen LogP contribution < -0.4 is 10.1 Å². The molecule has 1 aliphatic rings. The number of hydrogen-bond acceptors (Lipinski definition) is 4. The van der Waals surface area contributed by atoms with E-state index in [1.807, 2.05) is 6.92 Å². The number of sulfone groups is 1. The molecule has 0 aromatic heterocycles. The monoisotopic (exact) mass is 329 g/mol. The largest absolute Gasteiger partial charge is 0.494 e. The van der Waals surface area contributed by atoms with E-state index in [0.29, 0.717) is 29.2 Å². The molecule has 0 bridgehead atoms. The molecule has 0 aliphatic carbocycles. The Hall–Kier alpha value is -2.60. The van der Waals surface area contributed by atoms with Crippen molar-refractivity contribution in [3.63, 3.8) is 0 Å². The van der Waals surface area contributed by atoms with Gasteiger partial charge >= 0.3 is 0 Å². The smallest absolute Gasteiger partial charge is 0.255 e. The Balaban J connectivity index is 1.83. The second kappa shape index (κ2) is 5.89. The van der Waals surface area contributed by atoms with Gasteiger partial charge in [-0.3, -0.25) is 4.79 Å². The number of anilines is 1. The Bertz CT molecular complexity index is 901. The summed E-state index contributed by atoms with van der Waals surface area (Å²) in [5.41, 5.74) is 1.50. The summed E-state index contributed by atoms with van der Waals surface area (Å²) in [5.74, 6) is 0.288. The Morgan fingerprint density at radius 3 is 2.78 bits per heavy atom. The highest BCUT2D eigenvalue weighted by atomic mass is 32.2. The summed E-state index contributed by atoms with van der Waals surface area (Å²) in [6.45, 7) is 2.38. The van der Waals surface area contributed by atoms with E-state index in [0.717, 1.165) is 5.41 Å². The van der Waals surface area contributed by atoms with Crippen molar-refractivity contribution in [2.45, 2.75) is 11.8 Å². The topological polar surface area (TPSA) is 72.5 Å². The number of carbonyl (C=O) groups excluding carboxylic acids is 1. The Morgan fingerprint density at radius 2 is 2.00 bits per heavy atom. The van der Waals surface area contributed by atoms with Crippen LogP contribution in [-0.4, -0.2) is 20.9 Å². The molecule has 0 radical (unpaired) electrons. The van der Waals surface area contributed by atoms with Crippen LogP contribution in [0.5, 0.6) is 5.75 Å². The number of carbonyl (C=O) groups is 1. The van der Waals surface area contributed by atoms with Gasteiger partial charge in [-0.05, 0) is 48.9 Å². The van der Waals surface area contributed by atoms with Gasteiger partial charge in [0.05, 0.1) is 11.5 Å². The molecule has 0 fully saturated rings. The quantitative estimate of drug-likeness (QED) is 0.935. The second-order valence-corrected chi connectivity index (χ2v) is 6.82. The van der Waals surface area contributed by atoms with Crippen LogP contribution in [0.15, 0.2) is 52.8 Å². The second-order valence-electron chi connectivity index (χ2n) is 5.02. The predicted molar refractivity (Wildman–Crippen MR) is 88.2 cm³/mol. The Morgan fingerprint density at radius 1 is 1.17 bits per heavy atom. The fourth-order valence-corrected chi connectivity index (χ4v) is 3.56. The van der Waals surface area contributed by atoms with Crippen LogP contribution in [0.4, 0.5) is 5.69 Å². The summed E-state index contributed by atoms with van der Waals surface area (Å²) < 4.78 is 29.1. The molecule has 2 aromatic rings. The van der Waals surface area contributed by atoms with Crippen molar-refractivity contribution < 1.29 is 17.9 Å². The zero-order valence-corrected chi connectivity index (χ0v) is 13.3. The fourth-order valence-electron chi connectivity index (χ4n) is 2.33. The molecule has 2 aromatic carbocycles. The van der Waals surface area contributed by atoms with Crippen molar-refractivity contribution >= 4 is 27.5 Å². The molecule has 0 atom stereocenters. The van der Waals surface area contributed by atoms with Crippen molar-refractivity contribution in [3.05, 3.63) is 59.0 Å². The van der Waals surface area contributed by atoms with Crippen LogP contribution in [0, 0.1) is 0 Å². The third kappa shape index (κ3) is 3.12. The van der Waals surface area contributed by atoms with Gasteiger partial charge in [0.2, 0.25) is 9.84 Å². The highest BCUT2D eigenvalue weighted by molar-refractivity contribution is 7.94. The van der Waals surface area contributed by atoms with Crippen molar-refractivity contribution in [2.24, 2.45) is 0 Å². The van der Waals surface area contributed by atoms with Gasteiger partial charge in [-0.15, -0.1) is 0 Å². The van der Waals surface area contributed by atoms with Gasteiger partial charge in [-0.1, -0.05) is 12.1 Å². The highest BCUT2D eigenvalue weighted by Crippen LogP contribution is 2.29. The Labute approximate surface area is 134 Å². The van der Waals surface area contributed by atoms with Crippen molar-refractivity contribution in [2.75, 3.05) is 11.9 Å². The normalized spacial score (nSPS) is 14.3. The maximum Gasteiger partial charge on any atom is 0.255 e. The molecule has 1 amide bonds. The van der Waals surface area contributed by atoms with E-state index in [1.54, 1.807) is 42.5 Å². The lowest BCUT2D eigenvalue weighted by molar-refractivity contribution is 0.102. The third-order valence-corrected chi connectivity index (χ3v) is 4.87. The van der Waals surface area contributed by atoms with Gasteiger partial charge in [-0.25, -0.2) is 8.42 Å². The number of benzene rings is 2. The SMILES string of the molecule is CCOc1cccc(C(=O)Nc2ccc3c(c2)S(=O)(=O)C=C3)c1. The van der Waals surface area contributed by atoms with Gasteiger partial charge < -0.3 is 10.1 Å². The molecule has 1 N–H and O–H groups in total. The number of ether oxygens (including phenoxy) is 1. The zero-order valence-electron chi connectivity index (χ0n) is 12.4. The van der Waals surface area contributed by atoms with Gasteiger partial charge in [0.25, 0.3) is 5.91 Å². The highest BCUT2D eigenvalue weighted by Gasteiger charge is 2.21. The first kappa shape index (κ1) is 15.3. The molecule has 1 heterocycles. The standard InChI is InChI=1S/C17H15NO4S/c1-2-22-15-5-3-4-13(10-15)17(19)18-14-7-6-12-8-9-23(20,21)16(12)11-14/h3-11H,2H2,1H3,(H,18,19). The molecule has 3 rings (SSSR count). The molecule has 5 nitrogen and oxygen atoms in total. The van der Waals surface area contributed by atoms with Crippen molar-refractivity contribution in [1.82, 2.24) is 0 Å². The first-order valence-electron chi connectivity index (χ1n) is 7.11. The summed E-state index contributed by atoms with van der Waals surface area (Å²) in [6, 6.07) is 11.6. The maximum atomic E-state index is 12.3. The van der Waals surface area contributed by atoms with Crippen LogP contribution >= 0.6 is 0 Å². The number of hydrogen-bond donors (Lipinski definition) is 1. The fraction of sp³-hybridized carbons (Fsp3) is 0.118. The average Bonchev–Trinajstić information content (AvgIpc) is 2.83. The maximum absolute atomic E-state index is 12.3. The molecule has 118 valence electrons. The minimum Gasteiger partial charge on any atom is -0.494 e. The molecule has 0 saturated carbocycles. The molecule has 23 heavy (non-hydrogen) atoms. The molecular formula is C17H15NO4S. The van der Waals surface area contributed by atoms with Crippen LogP contribution in [0.3, 0.4) is 0 Å². The summed E-state index contributed by atoms with van der Waals surface area (Å²) >= 11 is 0. The van der Waals surface area contributed by atoms with Crippen LogP contribution in [0.25, 0.3) is 6.08 Å². The molecule has 6 heteroatoms. The minimum atomic E-state index is -3.39. The van der Waals surface area contributed by atoms with E-state index < -0.39 is 9.84 Å². The number of amides is 1. The number of nitrogens with one attached hydrogen (secondary N) is 1. The first-order valence-corrected chi connectivity index (χ1v) is 8.65. The van der Waals surface area contributed by atoms with E-state index in [9.17, 15) is 13.2 Å². The molecular weight excluding hydrogens is 314 g/mol. The first-order chi connectivity index (χ1) is 11.0. The van der Waals surface area contributed by atoms with Gasteiger partial charge in [0.15, 0.2) is 0 Å². The number of rotatable bonds is 4. The van der Waals surface area contributed by atoms with Gasteiger partial charge in [0.1, 0.15) is 5.75 Å². The number of fused-ring (bicyclic) bond motifs is 1. The van der Waals surface area contributed by atoms with Gasteiger partial charge in [0, 0.05) is 16.7 Å². The van der Waals surface area contributed by atoms with E-state index in [1.165, 1.54) is 6.07 Å². The van der Waals surface area contributed by atoms with Gasteiger partial charge in [-0.2, -0.15) is 0 Å². The summed E-state index contributed by atoms with van der Waals surface area (Å²) in [4.78, 5) is 12.5. The van der Waals surface area contributed by atoms with E-state index in [2.05, 4.69) is 5.32 Å². The zero-order chi connectivity index (χ0) is 16.4. The lowest BCUT2D eigenvalue weighted by atomic mass is 10.1. The van der Waals surface area contributed by atoms with Crippen molar-refractivity contribution in [3.8, 4) is 5.75 Å². The Kier molecular flexibility index (Phi) is 3.92. The lowest BCUT2D eigenvalue weighted by Gasteiger charge is -2.09. The third-order valence-electron chi connectivity index (χ3n) is 3.41. The van der Waals surface area contributed by atoms with E-state index in [4.69, 9.17) is 4.74 Å².